The highest BCUT2D eigenvalue weighted by Crippen LogP contribution is 2.53. The number of ether oxygens (including phenoxy) is 1. The van der Waals surface area contributed by atoms with Crippen LogP contribution in [0, 0.1) is 23.7 Å². The van der Waals surface area contributed by atoms with Crippen LogP contribution in [0.1, 0.15) is 30.6 Å². The van der Waals surface area contributed by atoms with Crippen molar-refractivity contribution in [3.05, 3.63) is 42.0 Å². The van der Waals surface area contributed by atoms with Gasteiger partial charge in [-0.2, -0.15) is 0 Å². The van der Waals surface area contributed by atoms with Crippen molar-refractivity contribution in [2.45, 2.75) is 26.4 Å². The van der Waals surface area contributed by atoms with Crippen LogP contribution in [-0.2, 0) is 14.3 Å². The van der Waals surface area contributed by atoms with Crippen molar-refractivity contribution >= 4 is 23.5 Å². The number of hydrogen-bond acceptors (Lipinski definition) is 4. The number of fused-ring (bicyclic) bond motifs is 5. The van der Waals surface area contributed by atoms with Crippen molar-refractivity contribution in [3.63, 3.8) is 0 Å². The van der Waals surface area contributed by atoms with Crippen LogP contribution >= 0.6 is 0 Å². The molecule has 0 radical (unpaired) electrons. The SMILES string of the molecule is CC(C)OC(=O)c1ccc(N2C(=O)[C@@H]3[C@@H](C2=O)[C@@H]2C=C[C@@H]3C2)cc1. The second-order valence-corrected chi connectivity index (χ2v) is 7.01. The van der Waals surface area contributed by atoms with Gasteiger partial charge in [0.25, 0.3) is 0 Å². The zero-order chi connectivity index (χ0) is 17.0. The summed E-state index contributed by atoms with van der Waals surface area (Å²) in [6.45, 7) is 3.57. The Labute approximate surface area is 140 Å². The Bertz CT molecular complexity index is 719. The molecule has 1 aliphatic heterocycles. The second-order valence-electron chi connectivity index (χ2n) is 7.01. The number of carbonyl (C=O) groups excluding carboxylic acids is 3. The molecule has 1 saturated heterocycles. The maximum atomic E-state index is 12.7. The molecule has 0 N–H and O–H groups in total. The molecule has 3 aliphatic rings. The standard InChI is InChI=1S/C19H19NO4/c1-10(2)24-19(23)11-5-7-14(8-6-11)20-17(21)15-12-3-4-13(9-12)16(15)18(20)22/h3-8,10,12-13,15-16H,9H2,1-2H3/t12-,13-,15+,16+/m1/s1. The molecular formula is C19H19NO4. The highest BCUT2D eigenvalue weighted by Gasteiger charge is 2.59. The van der Waals surface area contributed by atoms with Gasteiger partial charge >= 0.3 is 5.97 Å². The molecule has 0 spiro atoms. The minimum atomic E-state index is -0.408. The summed E-state index contributed by atoms with van der Waals surface area (Å²) in [6.07, 6.45) is 4.87. The topological polar surface area (TPSA) is 63.7 Å². The fourth-order valence-electron chi connectivity index (χ4n) is 4.19. The third-order valence-corrected chi connectivity index (χ3v) is 5.17. The Morgan fingerprint density at radius 2 is 1.58 bits per heavy atom. The van der Waals surface area contributed by atoms with Crippen LogP contribution in [0.2, 0.25) is 0 Å². The van der Waals surface area contributed by atoms with Crippen molar-refractivity contribution in [1.29, 1.82) is 0 Å². The predicted molar refractivity (Wildman–Crippen MR) is 87.2 cm³/mol. The average Bonchev–Trinajstić information content (AvgIpc) is 3.21. The molecule has 2 amide bonds. The predicted octanol–water partition coefficient (Wildman–Crippen LogP) is 2.56. The van der Waals surface area contributed by atoms with E-state index in [1.807, 2.05) is 0 Å². The maximum Gasteiger partial charge on any atom is 0.338 e. The fourth-order valence-corrected chi connectivity index (χ4v) is 4.19. The Balaban J connectivity index is 1.58. The minimum absolute atomic E-state index is 0.112. The normalized spacial score (nSPS) is 30.4. The highest BCUT2D eigenvalue weighted by atomic mass is 16.5. The molecule has 0 aromatic heterocycles. The molecule has 5 heteroatoms. The Morgan fingerprint density at radius 3 is 2.08 bits per heavy atom. The summed E-state index contributed by atoms with van der Waals surface area (Å²) in [5.41, 5.74) is 0.938. The molecule has 2 bridgehead atoms. The Morgan fingerprint density at radius 1 is 1.04 bits per heavy atom. The van der Waals surface area contributed by atoms with Crippen LogP contribution in [0.15, 0.2) is 36.4 Å². The average molecular weight is 325 g/mol. The first-order chi connectivity index (χ1) is 11.5. The molecule has 1 aromatic rings. The molecule has 4 atom stereocenters. The van der Waals surface area contributed by atoms with Crippen LogP contribution in [0.4, 0.5) is 5.69 Å². The molecule has 0 unspecified atom stereocenters. The summed E-state index contributed by atoms with van der Waals surface area (Å²) in [5, 5.41) is 0. The lowest BCUT2D eigenvalue weighted by Crippen LogP contribution is -2.32. The summed E-state index contributed by atoms with van der Waals surface area (Å²) in [7, 11) is 0. The summed E-state index contributed by atoms with van der Waals surface area (Å²) >= 11 is 0. The van der Waals surface area contributed by atoms with E-state index in [-0.39, 0.29) is 41.6 Å². The van der Waals surface area contributed by atoms with Gasteiger partial charge in [0.15, 0.2) is 0 Å². The van der Waals surface area contributed by atoms with Gasteiger partial charge in [-0.15, -0.1) is 0 Å². The van der Waals surface area contributed by atoms with E-state index in [1.54, 1.807) is 38.1 Å². The van der Waals surface area contributed by atoms with E-state index in [0.717, 1.165) is 6.42 Å². The number of benzene rings is 1. The van der Waals surface area contributed by atoms with Gasteiger partial charge in [0, 0.05) is 0 Å². The first-order valence-electron chi connectivity index (χ1n) is 8.34. The summed E-state index contributed by atoms with van der Waals surface area (Å²) < 4.78 is 5.15. The molecule has 1 aromatic carbocycles. The summed E-state index contributed by atoms with van der Waals surface area (Å²) in [5.74, 6) is -0.659. The number of rotatable bonds is 3. The van der Waals surface area contributed by atoms with E-state index in [1.165, 1.54) is 4.90 Å². The number of esters is 1. The number of anilines is 1. The largest absolute Gasteiger partial charge is 0.459 e. The fraction of sp³-hybridized carbons (Fsp3) is 0.421. The molecule has 24 heavy (non-hydrogen) atoms. The van der Waals surface area contributed by atoms with Crippen LogP contribution in [0.3, 0.4) is 0 Å². The second kappa shape index (κ2) is 5.30. The van der Waals surface area contributed by atoms with Crippen molar-refractivity contribution in [1.82, 2.24) is 0 Å². The van der Waals surface area contributed by atoms with Gasteiger partial charge in [0.1, 0.15) is 0 Å². The molecule has 124 valence electrons. The molecule has 4 rings (SSSR count). The number of imide groups is 1. The number of carbonyl (C=O) groups is 3. The summed E-state index contributed by atoms with van der Waals surface area (Å²) in [4.78, 5) is 38.6. The lowest BCUT2D eigenvalue weighted by atomic mass is 9.85. The smallest absolute Gasteiger partial charge is 0.338 e. The van der Waals surface area contributed by atoms with E-state index in [0.29, 0.717) is 11.3 Å². The van der Waals surface area contributed by atoms with Gasteiger partial charge in [-0.1, -0.05) is 12.2 Å². The van der Waals surface area contributed by atoms with Crippen molar-refractivity contribution in [2.75, 3.05) is 4.90 Å². The van der Waals surface area contributed by atoms with Gasteiger partial charge in [-0.25, -0.2) is 4.79 Å². The van der Waals surface area contributed by atoms with E-state index in [9.17, 15) is 14.4 Å². The van der Waals surface area contributed by atoms with Crippen LogP contribution < -0.4 is 4.90 Å². The molecular weight excluding hydrogens is 306 g/mol. The van der Waals surface area contributed by atoms with E-state index >= 15 is 0 Å². The van der Waals surface area contributed by atoms with Gasteiger partial charge in [-0.05, 0) is 56.4 Å². The maximum absolute atomic E-state index is 12.7. The van der Waals surface area contributed by atoms with Crippen molar-refractivity contribution in [2.24, 2.45) is 23.7 Å². The van der Waals surface area contributed by atoms with Crippen LogP contribution in [0.5, 0.6) is 0 Å². The first kappa shape index (κ1) is 15.1. The number of hydrogen-bond donors (Lipinski definition) is 0. The van der Waals surface area contributed by atoms with Gasteiger partial charge in [0.05, 0.1) is 29.2 Å². The Hall–Kier alpha value is -2.43. The third kappa shape index (κ3) is 2.11. The van der Waals surface area contributed by atoms with Crippen LogP contribution in [0.25, 0.3) is 0 Å². The van der Waals surface area contributed by atoms with E-state index in [4.69, 9.17) is 4.74 Å². The zero-order valence-corrected chi connectivity index (χ0v) is 13.6. The molecule has 1 saturated carbocycles. The quantitative estimate of drug-likeness (QED) is 0.487. The summed E-state index contributed by atoms with van der Waals surface area (Å²) in [6, 6.07) is 6.48. The lowest BCUT2D eigenvalue weighted by Gasteiger charge is -2.17. The molecule has 5 nitrogen and oxygen atoms in total. The van der Waals surface area contributed by atoms with E-state index < -0.39 is 5.97 Å². The monoisotopic (exact) mass is 325 g/mol. The Kier molecular flexibility index (Phi) is 3.34. The van der Waals surface area contributed by atoms with Gasteiger partial charge < -0.3 is 4.74 Å². The molecule has 2 aliphatic carbocycles. The molecule has 2 fully saturated rings. The molecule has 1 heterocycles. The van der Waals surface area contributed by atoms with Crippen molar-refractivity contribution < 1.29 is 19.1 Å². The number of amides is 2. The lowest BCUT2D eigenvalue weighted by molar-refractivity contribution is -0.123. The van der Waals surface area contributed by atoms with Crippen LogP contribution in [-0.4, -0.2) is 23.9 Å². The zero-order valence-electron chi connectivity index (χ0n) is 13.6. The number of allylic oxidation sites excluding steroid dienone is 2. The third-order valence-electron chi connectivity index (χ3n) is 5.17. The van der Waals surface area contributed by atoms with Gasteiger partial charge in [-0.3, -0.25) is 14.5 Å². The van der Waals surface area contributed by atoms with Crippen molar-refractivity contribution in [3.8, 4) is 0 Å². The van der Waals surface area contributed by atoms with E-state index in [2.05, 4.69) is 12.2 Å². The first-order valence-corrected chi connectivity index (χ1v) is 8.34. The highest BCUT2D eigenvalue weighted by molar-refractivity contribution is 6.22. The minimum Gasteiger partial charge on any atom is -0.459 e. The van der Waals surface area contributed by atoms with Gasteiger partial charge in [0.2, 0.25) is 11.8 Å². The number of nitrogens with zero attached hydrogens (tertiary/aromatic N) is 1.